The van der Waals surface area contributed by atoms with Crippen molar-refractivity contribution in [3.8, 4) is 0 Å². The molecule has 0 aromatic carbocycles. The molecule has 2 atom stereocenters. The molecule has 2 fully saturated rings. The summed E-state index contributed by atoms with van der Waals surface area (Å²) in [5.74, 6) is 0.789. The van der Waals surface area contributed by atoms with E-state index in [4.69, 9.17) is 5.73 Å². The van der Waals surface area contributed by atoms with Crippen LogP contribution in [-0.2, 0) is 0 Å². The first kappa shape index (κ1) is 10.4. The van der Waals surface area contributed by atoms with Crippen LogP contribution >= 0.6 is 0 Å². The van der Waals surface area contributed by atoms with Crippen LogP contribution in [0.1, 0.15) is 19.8 Å². The number of likely N-dealkylation sites (N-methyl/N-ethyl adjacent to an activating group) is 1. The van der Waals surface area contributed by atoms with Crippen molar-refractivity contribution in [2.75, 3.05) is 33.2 Å². The Morgan fingerprint density at radius 2 is 1.93 bits per heavy atom. The van der Waals surface area contributed by atoms with E-state index >= 15 is 0 Å². The molecule has 2 N–H and O–H groups in total. The lowest BCUT2D eigenvalue weighted by molar-refractivity contribution is 0.177. The highest BCUT2D eigenvalue weighted by atomic mass is 15.3. The highest BCUT2D eigenvalue weighted by Gasteiger charge is 2.36. The van der Waals surface area contributed by atoms with E-state index in [0.29, 0.717) is 6.04 Å². The minimum atomic E-state index is 0.595. The zero-order valence-corrected chi connectivity index (χ0v) is 9.45. The Labute approximate surface area is 87.2 Å². The smallest absolute Gasteiger partial charge is 0.0348 e. The SMILES string of the molecule is CC1CN(C)CC(CN)N(C2CC2)C1. The summed E-state index contributed by atoms with van der Waals surface area (Å²) in [5.41, 5.74) is 5.87. The van der Waals surface area contributed by atoms with Crippen molar-refractivity contribution < 1.29 is 0 Å². The zero-order chi connectivity index (χ0) is 10.1. The van der Waals surface area contributed by atoms with Gasteiger partial charge < -0.3 is 10.6 Å². The number of rotatable bonds is 2. The van der Waals surface area contributed by atoms with Crippen molar-refractivity contribution in [1.82, 2.24) is 9.80 Å². The van der Waals surface area contributed by atoms with Crippen molar-refractivity contribution in [2.24, 2.45) is 11.7 Å². The van der Waals surface area contributed by atoms with Crippen molar-refractivity contribution in [3.05, 3.63) is 0 Å². The number of hydrogen-bond acceptors (Lipinski definition) is 3. The van der Waals surface area contributed by atoms with Crippen LogP contribution in [-0.4, -0.2) is 55.1 Å². The average molecular weight is 197 g/mol. The fraction of sp³-hybridized carbons (Fsp3) is 1.00. The fourth-order valence-electron chi connectivity index (χ4n) is 2.70. The Kier molecular flexibility index (Phi) is 3.10. The summed E-state index contributed by atoms with van der Waals surface area (Å²) in [6.45, 7) is 6.78. The first-order valence-corrected chi connectivity index (χ1v) is 5.85. The monoisotopic (exact) mass is 197 g/mol. The lowest BCUT2D eigenvalue weighted by atomic mass is 10.1. The van der Waals surface area contributed by atoms with Crippen molar-refractivity contribution in [3.63, 3.8) is 0 Å². The highest BCUT2D eigenvalue weighted by Crippen LogP contribution is 2.30. The summed E-state index contributed by atoms with van der Waals surface area (Å²) in [7, 11) is 2.22. The summed E-state index contributed by atoms with van der Waals surface area (Å²) in [6, 6.07) is 1.45. The van der Waals surface area contributed by atoms with Gasteiger partial charge >= 0.3 is 0 Å². The van der Waals surface area contributed by atoms with Gasteiger partial charge in [0.25, 0.3) is 0 Å². The van der Waals surface area contributed by atoms with Gasteiger partial charge in [0.15, 0.2) is 0 Å². The number of nitrogens with zero attached hydrogens (tertiary/aromatic N) is 2. The number of hydrogen-bond donors (Lipinski definition) is 1. The van der Waals surface area contributed by atoms with E-state index in [0.717, 1.165) is 25.0 Å². The van der Waals surface area contributed by atoms with Gasteiger partial charge in [-0.05, 0) is 25.8 Å². The molecule has 0 bridgehead atoms. The lowest BCUT2D eigenvalue weighted by Gasteiger charge is -2.30. The summed E-state index contributed by atoms with van der Waals surface area (Å²) < 4.78 is 0. The molecular weight excluding hydrogens is 174 g/mol. The molecule has 2 unspecified atom stereocenters. The average Bonchev–Trinajstić information content (AvgIpc) is 2.92. The topological polar surface area (TPSA) is 32.5 Å². The number of nitrogens with two attached hydrogens (primary N) is 1. The molecule has 1 aliphatic carbocycles. The quantitative estimate of drug-likeness (QED) is 0.694. The lowest BCUT2D eigenvalue weighted by Crippen LogP contribution is -2.46. The summed E-state index contributed by atoms with van der Waals surface area (Å²) >= 11 is 0. The molecule has 0 radical (unpaired) electrons. The van der Waals surface area contributed by atoms with Gasteiger partial charge in [-0.3, -0.25) is 4.90 Å². The van der Waals surface area contributed by atoms with Crippen LogP contribution in [0.4, 0.5) is 0 Å². The van der Waals surface area contributed by atoms with Crippen LogP contribution in [0.25, 0.3) is 0 Å². The minimum absolute atomic E-state index is 0.595. The first-order chi connectivity index (χ1) is 6.70. The van der Waals surface area contributed by atoms with E-state index in [-0.39, 0.29) is 0 Å². The van der Waals surface area contributed by atoms with E-state index < -0.39 is 0 Å². The van der Waals surface area contributed by atoms with Crippen LogP contribution in [0.3, 0.4) is 0 Å². The zero-order valence-electron chi connectivity index (χ0n) is 9.45. The van der Waals surface area contributed by atoms with Gasteiger partial charge in [0.1, 0.15) is 0 Å². The molecule has 1 saturated heterocycles. The van der Waals surface area contributed by atoms with E-state index in [2.05, 4.69) is 23.8 Å². The van der Waals surface area contributed by atoms with Gasteiger partial charge in [-0.25, -0.2) is 0 Å². The molecule has 3 heteroatoms. The second-order valence-corrected chi connectivity index (χ2v) is 5.14. The van der Waals surface area contributed by atoms with Gasteiger partial charge in [0.05, 0.1) is 0 Å². The van der Waals surface area contributed by atoms with E-state index in [1.807, 2.05) is 0 Å². The summed E-state index contributed by atoms with van der Waals surface area (Å²) in [4.78, 5) is 5.10. The molecule has 3 nitrogen and oxygen atoms in total. The van der Waals surface area contributed by atoms with E-state index in [1.165, 1.54) is 25.9 Å². The molecule has 14 heavy (non-hydrogen) atoms. The molecule has 1 saturated carbocycles. The Morgan fingerprint density at radius 3 is 2.50 bits per heavy atom. The Hall–Kier alpha value is -0.120. The molecular formula is C11H23N3. The predicted molar refractivity (Wildman–Crippen MR) is 59.2 cm³/mol. The van der Waals surface area contributed by atoms with Crippen molar-refractivity contribution >= 4 is 0 Å². The predicted octanol–water partition coefficient (Wildman–Crippen LogP) is 0.360. The maximum atomic E-state index is 5.87. The van der Waals surface area contributed by atoms with Gasteiger partial charge in [-0.1, -0.05) is 6.92 Å². The minimum Gasteiger partial charge on any atom is -0.329 e. The van der Waals surface area contributed by atoms with Crippen molar-refractivity contribution in [2.45, 2.75) is 31.8 Å². The van der Waals surface area contributed by atoms with Crippen LogP contribution in [0.15, 0.2) is 0 Å². The highest BCUT2D eigenvalue weighted by molar-refractivity contribution is 4.92. The molecule has 0 amide bonds. The van der Waals surface area contributed by atoms with E-state index in [9.17, 15) is 0 Å². The van der Waals surface area contributed by atoms with Crippen LogP contribution < -0.4 is 5.73 Å². The maximum Gasteiger partial charge on any atom is 0.0348 e. The van der Waals surface area contributed by atoms with Crippen LogP contribution in [0.2, 0.25) is 0 Å². The molecule has 1 heterocycles. The third-order valence-corrected chi connectivity index (χ3v) is 3.43. The fourth-order valence-corrected chi connectivity index (χ4v) is 2.70. The largest absolute Gasteiger partial charge is 0.329 e. The van der Waals surface area contributed by atoms with Crippen molar-refractivity contribution in [1.29, 1.82) is 0 Å². The standard InChI is InChI=1S/C11H23N3/c1-9-6-13(2)8-11(5-12)14(7-9)10-3-4-10/h9-11H,3-8,12H2,1-2H3. The van der Waals surface area contributed by atoms with Gasteiger partial charge in [0, 0.05) is 38.3 Å². The van der Waals surface area contributed by atoms with E-state index in [1.54, 1.807) is 0 Å². The Morgan fingerprint density at radius 1 is 1.21 bits per heavy atom. The second kappa shape index (κ2) is 4.17. The van der Waals surface area contributed by atoms with Gasteiger partial charge in [0.2, 0.25) is 0 Å². The third-order valence-electron chi connectivity index (χ3n) is 3.43. The van der Waals surface area contributed by atoms with Crippen LogP contribution in [0.5, 0.6) is 0 Å². The normalized spacial score (nSPS) is 37.1. The Bertz CT molecular complexity index is 191. The molecule has 2 rings (SSSR count). The molecule has 0 spiro atoms. The maximum absolute atomic E-state index is 5.87. The second-order valence-electron chi connectivity index (χ2n) is 5.14. The first-order valence-electron chi connectivity index (χ1n) is 5.85. The third kappa shape index (κ3) is 2.27. The molecule has 1 aliphatic heterocycles. The molecule has 0 aromatic rings. The molecule has 82 valence electrons. The van der Waals surface area contributed by atoms with Gasteiger partial charge in [-0.15, -0.1) is 0 Å². The van der Waals surface area contributed by atoms with Gasteiger partial charge in [-0.2, -0.15) is 0 Å². The molecule has 0 aromatic heterocycles. The summed E-state index contributed by atoms with van der Waals surface area (Å²) in [6.07, 6.45) is 2.79. The van der Waals surface area contributed by atoms with Crippen LogP contribution in [0, 0.1) is 5.92 Å². The summed E-state index contributed by atoms with van der Waals surface area (Å²) in [5, 5.41) is 0. The Balaban J connectivity index is 2.02. The molecule has 2 aliphatic rings.